The van der Waals surface area contributed by atoms with Gasteiger partial charge in [-0.1, -0.05) is 35.9 Å². The molecule has 3 aromatic rings. The highest BCUT2D eigenvalue weighted by molar-refractivity contribution is 6.33. The third kappa shape index (κ3) is 6.58. The molecule has 0 aromatic heterocycles. The summed E-state index contributed by atoms with van der Waals surface area (Å²) in [5.41, 5.74) is 3.51. The van der Waals surface area contributed by atoms with E-state index in [0.717, 1.165) is 0 Å². The van der Waals surface area contributed by atoms with Gasteiger partial charge in [0.1, 0.15) is 11.8 Å². The van der Waals surface area contributed by atoms with E-state index in [1.165, 1.54) is 6.21 Å². The summed E-state index contributed by atoms with van der Waals surface area (Å²) >= 11 is 6.06. The van der Waals surface area contributed by atoms with Crippen LogP contribution in [0, 0.1) is 11.3 Å². The van der Waals surface area contributed by atoms with E-state index >= 15 is 0 Å². The number of benzene rings is 3. The summed E-state index contributed by atoms with van der Waals surface area (Å²) in [6, 6.07) is 20.0. The first-order valence-electron chi connectivity index (χ1n) is 10.2. The van der Waals surface area contributed by atoms with Crippen LogP contribution in [0.15, 0.2) is 71.8 Å². The second-order valence-corrected chi connectivity index (χ2v) is 7.11. The van der Waals surface area contributed by atoms with Crippen molar-refractivity contribution >= 4 is 29.7 Å². The van der Waals surface area contributed by atoms with E-state index < -0.39 is 11.9 Å². The lowest BCUT2D eigenvalue weighted by Gasteiger charge is -2.12. The lowest BCUT2D eigenvalue weighted by Crippen LogP contribution is -2.24. The van der Waals surface area contributed by atoms with Crippen molar-refractivity contribution in [2.24, 2.45) is 5.10 Å². The number of halogens is 1. The Morgan fingerprint density at radius 1 is 1.03 bits per heavy atom. The molecule has 0 saturated carbocycles. The molecule has 1 N–H and O–H groups in total. The van der Waals surface area contributed by atoms with Gasteiger partial charge in [-0.3, -0.25) is 4.79 Å². The maximum absolute atomic E-state index is 12.5. The summed E-state index contributed by atoms with van der Waals surface area (Å²) in [5, 5.41) is 13.2. The molecule has 0 aliphatic rings. The predicted octanol–water partition coefficient (Wildman–Crippen LogP) is 4.36. The third-order valence-electron chi connectivity index (χ3n) is 4.33. The fraction of sp³-hybridized carbons (Fsp3) is 0.120. The lowest BCUT2D eigenvalue weighted by molar-refractivity contribution is -0.123. The van der Waals surface area contributed by atoms with Crippen molar-refractivity contribution in [2.75, 3.05) is 13.2 Å². The Balaban J connectivity index is 1.62. The van der Waals surface area contributed by atoms with Crippen molar-refractivity contribution in [2.45, 2.75) is 6.92 Å². The van der Waals surface area contributed by atoms with Gasteiger partial charge in [0, 0.05) is 0 Å². The minimum Gasteiger partial charge on any atom is -0.490 e. The summed E-state index contributed by atoms with van der Waals surface area (Å²) in [7, 11) is 0. The number of esters is 1. The van der Waals surface area contributed by atoms with Gasteiger partial charge in [-0.05, 0) is 55.0 Å². The molecule has 3 rings (SSSR count). The Labute approximate surface area is 201 Å². The fourth-order valence-corrected chi connectivity index (χ4v) is 2.99. The van der Waals surface area contributed by atoms with Crippen LogP contribution in [0.3, 0.4) is 0 Å². The molecule has 0 heterocycles. The van der Waals surface area contributed by atoms with E-state index in [2.05, 4.69) is 10.5 Å². The molecule has 0 spiro atoms. The van der Waals surface area contributed by atoms with Gasteiger partial charge in [-0.15, -0.1) is 0 Å². The number of hydrogen-bond donors (Lipinski definition) is 1. The molecule has 8 nitrogen and oxygen atoms in total. The standard InChI is InChI=1S/C25H20ClN3O5/c1-2-32-23-13-17(11-12-22(23)34-25(31)19-8-4-5-9-20(19)26)15-28-29-24(30)16-33-21-10-6-3-7-18(21)14-27/h3-13,15H,2,16H2,1H3,(H,29,30)/b28-15+. The van der Waals surface area contributed by atoms with E-state index in [-0.39, 0.29) is 22.9 Å². The molecule has 34 heavy (non-hydrogen) atoms. The molecule has 0 atom stereocenters. The largest absolute Gasteiger partial charge is 0.490 e. The zero-order valence-corrected chi connectivity index (χ0v) is 18.9. The third-order valence-corrected chi connectivity index (χ3v) is 4.66. The Morgan fingerprint density at radius 2 is 1.79 bits per heavy atom. The van der Waals surface area contributed by atoms with Crippen molar-refractivity contribution in [3.8, 4) is 23.3 Å². The molecule has 0 fully saturated rings. The van der Waals surface area contributed by atoms with Crippen LogP contribution < -0.4 is 19.6 Å². The first-order chi connectivity index (χ1) is 16.5. The molecule has 0 bridgehead atoms. The smallest absolute Gasteiger partial charge is 0.345 e. The number of para-hydroxylation sites is 1. The molecule has 172 valence electrons. The maximum atomic E-state index is 12.5. The van der Waals surface area contributed by atoms with E-state index in [1.807, 2.05) is 6.07 Å². The number of nitriles is 1. The molecule has 0 saturated heterocycles. The van der Waals surface area contributed by atoms with Crippen LogP contribution >= 0.6 is 11.6 Å². The Kier molecular flexibility index (Phi) is 8.60. The van der Waals surface area contributed by atoms with Gasteiger partial charge in [0.25, 0.3) is 5.91 Å². The molecule has 0 aliphatic heterocycles. The average Bonchev–Trinajstić information content (AvgIpc) is 2.84. The van der Waals surface area contributed by atoms with Gasteiger partial charge >= 0.3 is 5.97 Å². The highest BCUT2D eigenvalue weighted by atomic mass is 35.5. The SMILES string of the molecule is CCOc1cc(/C=N/NC(=O)COc2ccccc2C#N)ccc1OC(=O)c1ccccc1Cl. The van der Waals surface area contributed by atoms with Crippen LogP contribution in [-0.4, -0.2) is 31.3 Å². The van der Waals surface area contributed by atoms with Crippen LogP contribution in [0.1, 0.15) is 28.4 Å². The highest BCUT2D eigenvalue weighted by Gasteiger charge is 2.15. The highest BCUT2D eigenvalue weighted by Crippen LogP contribution is 2.29. The fourth-order valence-electron chi connectivity index (χ4n) is 2.78. The Bertz CT molecular complexity index is 1250. The normalized spacial score (nSPS) is 10.4. The van der Waals surface area contributed by atoms with E-state index in [9.17, 15) is 9.59 Å². The molecule has 1 amide bonds. The first kappa shape index (κ1) is 24.3. The number of carbonyl (C=O) groups is 2. The van der Waals surface area contributed by atoms with E-state index in [0.29, 0.717) is 29.2 Å². The van der Waals surface area contributed by atoms with Crippen molar-refractivity contribution in [1.82, 2.24) is 5.43 Å². The number of hydrazone groups is 1. The zero-order chi connectivity index (χ0) is 24.3. The number of ether oxygens (including phenoxy) is 3. The summed E-state index contributed by atoms with van der Waals surface area (Å²) in [4.78, 5) is 24.4. The van der Waals surface area contributed by atoms with Gasteiger partial charge in [0.2, 0.25) is 0 Å². The van der Waals surface area contributed by atoms with Crippen molar-refractivity contribution in [3.05, 3.63) is 88.4 Å². The number of hydrogen-bond acceptors (Lipinski definition) is 7. The van der Waals surface area contributed by atoms with E-state index in [4.69, 9.17) is 31.1 Å². The first-order valence-corrected chi connectivity index (χ1v) is 10.6. The summed E-state index contributed by atoms with van der Waals surface area (Å²) in [5.74, 6) is -0.253. The molecule has 9 heteroatoms. The topological polar surface area (TPSA) is 110 Å². The number of amides is 1. The van der Waals surface area contributed by atoms with Crippen molar-refractivity contribution in [3.63, 3.8) is 0 Å². The zero-order valence-electron chi connectivity index (χ0n) is 18.2. The van der Waals surface area contributed by atoms with Crippen LogP contribution in [0.4, 0.5) is 0 Å². The van der Waals surface area contributed by atoms with Crippen LogP contribution in [-0.2, 0) is 4.79 Å². The second-order valence-electron chi connectivity index (χ2n) is 6.70. The molecular formula is C25H20ClN3O5. The monoisotopic (exact) mass is 477 g/mol. The van der Waals surface area contributed by atoms with Gasteiger partial charge < -0.3 is 14.2 Å². The summed E-state index contributed by atoms with van der Waals surface area (Å²) in [6.07, 6.45) is 1.41. The minimum absolute atomic E-state index is 0.220. The van der Waals surface area contributed by atoms with Crippen LogP contribution in [0.5, 0.6) is 17.2 Å². The predicted molar refractivity (Wildman–Crippen MR) is 126 cm³/mol. The molecule has 0 radical (unpaired) electrons. The Morgan fingerprint density at radius 3 is 2.56 bits per heavy atom. The number of rotatable bonds is 9. The molecule has 3 aromatic carbocycles. The lowest BCUT2D eigenvalue weighted by atomic mass is 10.2. The van der Waals surface area contributed by atoms with Gasteiger partial charge in [-0.25, -0.2) is 10.2 Å². The van der Waals surface area contributed by atoms with E-state index in [1.54, 1.807) is 73.7 Å². The van der Waals surface area contributed by atoms with Gasteiger partial charge in [0.05, 0.1) is 29.0 Å². The maximum Gasteiger partial charge on any atom is 0.345 e. The second kappa shape index (κ2) is 12.0. The Hall–Kier alpha value is -4.35. The van der Waals surface area contributed by atoms with Gasteiger partial charge in [-0.2, -0.15) is 10.4 Å². The quantitative estimate of drug-likeness (QED) is 0.212. The molecular weight excluding hydrogens is 458 g/mol. The van der Waals surface area contributed by atoms with Gasteiger partial charge in [0.15, 0.2) is 18.1 Å². The minimum atomic E-state index is -0.613. The van der Waals surface area contributed by atoms with Crippen LogP contribution in [0.25, 0.3) is 0 Å². The number of nitrogens with one attached hydrogen (secondary N) is 1. The number of nitrogens with zero attached hydrogens (tertiary/aromatic N) is 2. The summed E-state index contributed by atoms with van der Waals surface area (Å²) in [6.45, 7) is 1.83. The van der Waals surface area contributed by atoms with Crippen molar-refractivity contribution in [1.29, 1.82) is 5.26 Å². The van der Waals surface area contributed by atoms with Crippen molar-refractivity contribution < 1.29 is 23.8 Å². The van der Waals surface area contributed by atoms with Crippen LogP contribution in [0.2, 0.25) is 5.02 Å². The number of carbonyl (C=O) groups excluding carboxylic acids is 2. The average molecular weight is 478 g/mol. The summed E-state index contributed by atoms with van der Waals surface area (Å²) < 4.78 is 16.4. The molecule has 0 unspecified atom stereocenters. The molecule has 0 aliphatic carbocycles.